The summed E-state index contributed by atoms with van der Waals surface area (Å²) in [5.74, 6) is -0.142. The Bertz CT molecular complexity index is 475. The highest BCUT2D eigenvalue weighted by Crippen LogP contribution is 2.19. The fourth-order valence-electron chi connectivity index (χ4n) is 1.33. The highest BCUT2D eigenvalue weighted by Gasteiger charge is 2.09. The van der Waals surface area contributed by atoms with Crippen molar-refractivity contribution in [3.8, 4) is 0 Å². The monoisotopic (exact) mass is 327 g/mol. The number of carbonyl (C=O) groups is 2. The van der Waals surface area contributed by atoms with Crippen LogP contribution in [0.3, 0.4) is 0 Å². The number of carbonyl (C=O) groups excluding carboxylic acids is 2. The van der Waals surface area contributed by atoms with Crippen molar-refractivity contribution in [2.75, 3.05) is 18.8 Å². The lowest BCUT2D eigenvalue weighted by Crippen LogP contribution is -2.38. The van der Waals surface area contributed by atoms with E-state index in [1.807, 2.05) is 13.8 Å². The lowest BCUT2D eigenvalue weighted by Gasteiger charge is -2.09. The van der Waals surface area contributed by atoms with E-state index in [-0.39, 0.29) is 18.4 Å². The quantitative estimate of drug-likeness (QED) is 0.717. The molecule has 0 heterocycles. The summed E-state index contributed by atoms with van der Waals surface area (Å²) in [6.07, 6.45) is 0. The Labute approximate surface area is 121 Å². The molecule has 0 aliphatic heterocycles. The number of benzene rings is 1. The third-order valence-corrected chi connectivity index (χ3v) is 3.10. The van der Waals surface area contributed by atoms with Gasteiger partial charge in [0.05, 0.1) is 6.54 Å². The summed E-state index contributed by atoms with van der Waals surface area (Å²) in [6, 6.07) is 4.90. The van der Waals surface area contributed by atoms with Gasteiger partial charge in [-0.05, 0) is 40.0 Å². The van der Waals surface area contributed by atoms with E-state index < -0.39 is 0 Å². The van der Waals surface area contributed by atoms with Gasteiger partial charge < -0.3 is 16.4 Å². The van der Waals surface area contributed by atoms with E-state index in [2.05, 4.69) is 26.6 Å². The third kappa shape index (κ3) is 5.30. The fraction of sp³-hybridized carbons (Fsp3) is 0.385. The zero-order chi connectivity index (χ0) is 14.4. The van der Waals surface area contributed by atoms with Crippen LogP contribution in [0.25, 0.3) is 0 Å². The first-order valence-electron chi connectivity index (χ1n) is 6.00. The molecule has 1 aromatic rings. The first-order chi connectivity index (χ1) is 8.90. The van der Waals surface area contributed by atoms with Crippen molar-refractivity contribution < 1.29 is 9.59 Å². The Balaban J connectivity index is 2.47. The maximum absolute atomic E-state index is 11.8. The Kier molecular flexibility index (Phi) is 5.82. The predicted molar refractivity (Wildman–Crippen MR) is 78.7 cm³/mol. The van der Waals surface area contributed by atoms with Gasteiger partial charge in [-0.3, -0.25) is 9.59 Å². The molecule has 0 atom stereocenters. The summed E-state index contributed by atoms with van der Waals surface area (Å²) in [4.78, 5) is 23.2. The van der Waals surface area contributed by atoms with Gasteiger partial charge in [-0.15, -0.1) is 0 Å². The van der Waals surface area contributed by atoms with Crippen molar-refractivity contribution >= 4 is 33.4 Å². The number of rotatable bonds is 5. The highest BCUT2D eigenvalue weighted by molar-refractivity contribution is 9.10. The minimum atomic E-state index is -0.320. The highest BCUT2D eigenvalue weighted by atomic mass is 79.9. The summed E-state index contributed by atoms with van der Waals surface area (Å²) in [6.45, 7) is 4.56. The van der Waals surface area contributed by atoms with Gasteiger partial charge >= 0.3 is 0 Å². The van der Waals surface area contributed by atoms with E-state index in [0.29, 0.717) is 23.7 Å². The second-order valence-electron chi connectivity index (χ2n) is 4.62. The van der Waals surface area contributed by atoms with Gasteiger partial charge in [-0.25, -0.2) is 0 Å². The molecule has 0 aliphatic carbocycles. The fourth-order valence-corrected chi connectivity index (χ4v) is 1.57. The van der Waals surface area contributed by atoms with Crippen molar-refractivity contribution in [1.29, 1.82) is 0 Å². The molecule has 1 rings (SSSR count). The average molecular weight is 328 g/mol. The Morgan fingerprint density at radius 1 is 1.32 bits per heavy atom. The normalized spacial score (nSPS) is 10.3. The number of amides is 2. The van der Waals surface area contributed by atoms with E-state index >= 15 is 0 Å². The molecule has 2 amide bonds. The van der Waals surface area contributed by atoms with Gasteiger partial charge in [0, 0.05) is 22.3 Å². The Hall–Kier alpha value is -1.56. The summed E-state index contributed by atoms with van der Waals surface area (Å²) in [5.41, 5.74) is 6.60. The van der Waals surface area contributed by atoms with Gasteiger partial charge in [0.15, 0.2) is 0 Å². The molecule has 0 aliphatic rings. The number of nitrogens with two attached hydrogens (primary N) is 1. The first kappa shape index (κ1) is 15.5. The van der Waals surface area contributed by atoms with E-state index in [1.165, 1.54) is 0 Å². The molecule has 0 aromatic heterocycles. The van der Waals surface area contributed by atoms with Crippen LogP contribution in [-0.4, -0.2) is 24.9 Å². The maximum atomic E-state index is 11.8. The van der Waals surface area contributed by atoms with Gasteiger partial charge in [0.25, 0.3) is 5.91 Å². The molecule has 5 nitrogen and oxygen atoms in total. The smallest absolute Gasteiger partial charge is 0.251 e. The molecular weight excluding hydrogens is 310 g/mol. The van der Waals surface area contributed by atoms with Crippen LogP contribution in [0.2, 0.25) is 0 Å². The lowest BCUT2D eigenvalue weighted by atomic mass is 10.2. The average Bonchev–Trinajstić information content (AvgIpc) is 2.36. The summed E-state index contributed by atoms with van der Waals surface area (Å²) >= 11 is 3.25. The molecule has 0 saturated heterocycles. The van der Waals surface area contributed by atoms with Crippen LogP contribution >= 0.6 is 15.9 Å². The van der Waals surface area contributed by atoms with Crippen molar-refractivity contribution in [2.24, 2.45) is 5.92 Å². The largest absolute Gasteiger partial charge is 0.398 e. The van der Waals surface area contributed by atoms with Gasteiger partial charge in [0.2, 0.25) is 5.91 Å². The molecule has 0 radical (unpaired) electrons. The molecular formula is C13H18BrN3O2. The van der Waals surface area contributed by atoms with Crippen LogP contribution in [0.1, 0.15) is 24.2 Å². The lowest BCUT2D eigenvalue weighted by molar-refractivity contribution is -0.120. The van der Waals surface area contributed by atoms with Gasteiger partial charge in [0.1, 0.15) is 0 Å². The maximum Gasteiger partial charge on any atom is 0.251 e. The van der Waals surface area contributed by atoms with Crippen molar-refractivity contribution in [3.05, 3.63) is 28.2 Å². The van der Waals surface area contributed by atoms with Gasteiger partial charge in [-0.2, -0.15) is 0 Å². The van der Waals surface area contributed by atoms with E-state index in [1.54, 1.807) is 18.2 Å². The van der Waals surface area contributed by atoms with E-state index in [9.17, 15) is 9.59 Å². The summed E-state index contributed by atoms with van der Waals surface area (Å²) in [5, 5.41) is 5.27. The number of nitrogens with one attached hydrogen (secondary N) is 2. The van der Waals surface area contributed by atoms with Crippen LogP contribution < -0.4 is 16.4 Å². The molecule has 6 heteroatoms. The van der Waals surface area contributed by atoms with Crippen LogP contribution in [0.5, 0.6) is 0 Å². The number of hydrogen-bond donors (Lipinski definition) is 3. The molecule has 0 fully saturated rings. The molecule has 104 valence electrons. The Morgan fingerprint density at radius 2 is 2.00 bits per heavy atom. The summed E-state index contributed by atoms with van der Waals surface area (Å²) < 4.78 is 0.735. The zero-order valence-electron chi connectivity index (χ0n) is 11.0. The van der Waals surface area contributed by atoms with E-state index in [4.69, 9.17) is 5.73 Å². The minimum Gasteiger partial charge on any atom is -0.398 e. The number of hydrogen-bond acceptors (Lipinski definition) is 3. The molecule has 4 N–H and O–H groups in total. The molecule has 0 saturated carbocycles. The number of anilines is 1. The van der Waals surface area contributed by atoms with Crippen LogP contribution in [0.15, 0.2) is 22.7 Å². The molecule has 0 bridgehead atoms. The summed E-state index contributed by atoms with van der Waals surface area (Å²) in [7, 11) is 0. The van der Waals surface area contributed by atoms with Crippen molar-refractivity contribution in [2.45, 2.75) is 13.8 Å². The first-order valence-corrected chi connectivity index (χ1v) is 6.79. The molecule has 19 heavy (non-hydrogen) atoms. The van der Waals surface area contributed by atoms with Gasteiger partial charge in [-0.1, -0.05) is 13.8 Å². The van der Waals surface area contributed by atoms with Crippen LogP contribution in [0.4, 0.5) is 5.69 Å². The second kappa shape index (κ2) is 7.13. The van der Waals surface area contributed by atoms with Crippen molar-refractivity contribution in [1.82, 2.24) is 10.6 Å². The zero-order valence-corrected chi connectivity index (χ0v) is 12.6. The van der Waals surface area contributed by atoms with Crippen LogP contribution in [0, 0.1) is 5.92 Å². The third-order valence-electron chi connectivity index (χ3n) is 2.38. The standard InChI is InChI=1S/C13H18BrN3O2/c1-8(2)6-16-12(18)7-17-13(19)9-3-4-10(14)11(15)5-9/h3-5,8H,6-7,15H2,1-2H3,(H,16,18)(H,17,19). The number of halogens is 1. The van der Waals surface area contributed by atoms with Crippen molar-refractivity contribution in [3.63, 3.8) is 0 Å². The van der Waals surface area contributed by atoms with Crippen LogP contribution in [-0.2, 0) is 4.79 Å². The Morgan fingerprint density at radius 3 is 2.58 bits per heavy atom. The SMILES string of the molecule is CC(C)CNC(=O)CNC(=O)c1ccc(Br)c(N)c1. The predicted octanol–water partition coefficient (Wildman–Crippen LogP) is 1.53. The molecule has 0 unspecified atom stereocenters. The topological polar surface area (TPSA) is 84.2 Å². The number of nitrogen functional groups attached to an aromatic ring is 1. The second-order valence-corrected chi connectivity index (χ2v) is 5.47. The molecule has 0 spiro atoms. The minimum absolute atomic E-state index is 0.0402. The van der Waals surface area contributed by atoms with E-state index in [0.717, 1.165) is 4.47 Å². The molecule has 1 aromatic carbocycles.